The minimum Gasteiger partial charge on any atom is -0.456 e. The highest BCUT2D eigenvalue weighted by molar-refractivity contribution is 5.91. The van der Waals surface area contributed by atoms with Crippen LogP contribution in [0.4, 0.5) is 0 Å². The van der Waals surface area contributed by atoms with Crippen LogP contribution in [0.3, 0.4) is 0 Å². The van der Waals surface area contributed by atoms with E-state index in [4.69, 9.17) is 9.40 Å². The lowest BCUT2D eigenvalue weighted by atomic mass is 9.62. The molecule has 0 aliphatic heterocycles. The maximum Gasteiger partial charge on any atom is 0.287 e. The van der Waals surface area contributed by atoms with E-state index < -0.39 is 0 Å². The van der Waals surface area contributed by atoms with Gasteiger partial charge in [0.15, 0.2) is 5.76 Å². The van der Waals surface area contributed by atoms with Crippen LogP contribution in [-0.2, 0) is 17.3 Å². The molecule has 1 saturated carbocycles. The number of aryl methyl sites for hydroxylation is 1. The number of furan rings is 1. The standard InChI is InChI=1S/C35H43N3O2/c1-22-18-27-28(35(4,5)17-16-34(27,2)3)20-25(22)19-26-14-15-31(40-26)33(39)36-21-23-10-12-24(13-11-23)32-37-29-8-6-7-9-30(29)38-32/h6-9,14-15,18,20,23-24H,10-13,16-17,19,21H2,1-5H3,(H,36,39)(H,37,38). The maximum absolute atomic E-state index is 12.9. The molecule has 40 heavy (non-hydrogen) atoms. The average Bonchev–Trinajstić information content (AvgIpc) is 3.58. The molecule has 5 heteroatoms. The van der Waals surface area contributed by atoms with E-state index in [9.17, 15) is 4.79 Å². The van der Waals surface area contributed by atoms with Crippen molar-refractivity contribution in [2.75, 3.05) is 6.54 Å². The largest absolute Gasteiger partial charge is 0.456 e. The SMILES string of the molecule is Cc1cc2c(cc1Cc1ccc(C(=O)NCC3CCC(c4nc5ccccc5[nH]4)CC3)o1)C(C)(C)CCC2(C)C. The molecule has 0 spiro atoms. The number of nitrogens with one attached hydrogen (secondary N) is 2. The first-order chi connectivity index (χ1) is 19.1. The fourth-order valence-electron chi connectivity index (χ4n) is 6.87. The van der Waals surface area contributed by atoms with E-state index in [0.29, 0.717) is 30.6 Å². The van der Waals surface area contributed by atoms with Gasteiger partial charge in [0, 0.05) is 18.9 Å². The molecule has 1 amide bonds. The minimum atomic E-state index is -0.115. The van der Waals surface area contributed by atoms with Crippen LogP contribution in [0.25, 0.3) is 11.0 Å². The van der Waals surface area contributed by atoms with Gasteiger partial charge in [0.05, 0.1) is 11.0 Å². The zero-order valence-corrected chi connectivity index (χ0v) is 24.7. The van der Waals surface area contributed by atoms with Crippen LogP contribution < -0.4 is 5.32 Å². The lowest BCUT2D eigenvalue weighted by molar-refractivity contribution is 0.0913. The first-order valence-electron chi connectivity index (χ1n) is 15.1. The second-order valence-electron chi connectivity index (χ2n) is 13.6. The number of aromatic nitrogens is 2. The van der Waals surface area contributed by atoms with E-state index in [0.717, 1.165) is 48.3 Å². The summed E-state index contributed by atoms with van der Waals surface area (Å²) in [4.78, 5) is 21.2. The van der Waals surface area contributed by atoms with Gasteiger partial charge >= 0.3 is 0 Å². The average molecular weight is 538 g/mol. The van der Waals surface area contributed by atoms with Crippen molar-refractivity contribution >= 4 is 16.9 Å². The maximum atomic E-state index is 12.9. The highest BCUT2D eigenvalue weighted by Gasteiger charge is 2.37. The Morgan fingerprint density at radius 2 is 1.68 bits per heavy atom. The van der Waals surface area contributed by atoms with Gasteiger partial charge in [0.2, 0.25) is 0 Å². The molecule has 0 saturated heterocycles. The molecule has 2 aromatic heterocycles. The highest BCUT2D eigenvalue weighted by atomic mass is 16.3. The van der Waals surface area contributed by atoms with Crippen LogP contribution >= 0.6 is 0 Å². The molecule has 0 atom stereocenters. The third-order valence-electron chi connectivity index (χ3n) is 9.75. The fraction of sp³-hybridized carbons (Fsp3) is 0.486. The molecule has 0 radical (unpaired) electrons. The van der Waals surface area contributed by atoms with E-state index in [1.165, 1.54) is 35.1 Å². The lowest BCUT2D eigenvalue weighted by Gasteiger charge is -2.42. The Kier molecular flexibility index (Phi) is 6.88. The molecule has 1 fully saturated rings. The third-order valence-corrected chi connectivity index (χ3v) is 9.75. The summed E-state index contributed by atoms with van der Waals surface area (Å²) >= 11 is 0. The van der Waals surface area contributed by atoms with E-state index >= 15 is 0 Å². The number of imidazole rings is 1. The molecule has 5 nitrogen and oxygen atoms in total. The zero-order chi connectivity index (χ0) is 28.1. The number of para-hydroxylation sites is 2. The summed E-state index contributed by atoms with van der Waals surface area (Å²) in [5.74, 6) is 3.19. The quantitative estimate of drug-likeness (QED) is 0.261. The van der Waals surface area contributed by atoms with Crippen molar-refractivity contribution < 1.29 is 9.21 Å². The Bertz CT molecular complexity index is 1500. The van der Waals surface area contributed by atoms with Crippen molar-refractivity contribution in [3.63, 3.8) is 0 Å². The second kappa shape index (κ2) is 10.2. The molecular formula is C35H43N3O2. The molecule has 2 aliphatic rings. The molecule has 2 heterocycles. The summed E-state index contributed by atoms with van der Waals surface area (Å²) in [7, 11) is 0. The van der Waals surface area contributed by atoms with E-state index in [1.54, 1.807) is 0 Å². The van der Waals surface area contributed by atoms with Crippen molar-refractivity contribution in [2.45, 2.75) is 96.3 Å². The predicted molar refractivity (Wildman–Crippen MR) is 161 cm³/mol. The van der Waals surface area contributed by atoms with Crippen LogP contribution in [0.15, 0.2) is 52.9 Å². The molecule has 0 bridgehead atoms. The Morgan fingerprint density at radius 1 is 0.975 bits per heavy atom. The fourth-order valence-corrected chi connectivity index (χ4v) is 6.87. The Labute approximate surface area is 238 Å². The molecule has 2 aliphatic carbocycles. The Hall–Kier alpha value is -3.34. The van der Waals surface area contributed by atoms with Crippen LogP contribution in [0.5, 0.6) is 0 Å². The first kappa shape index (κ1) is 26.9. The number of hydrogen-bond acceptors (Lipinski definition) is 3. The Morgan fingerprint density at radius 3 is 2.40 bits per heavy atom. The molecule has 2 aromatic carbocycles. The van der Waals surface area contributed by atoms with E-state index in [1.807, 2.05) is 24.3 Å². The zero-order valence-electron chi connectivity index (χ0n) is 24.7. The number of carbonyl (C=O) groups excluding carboxylic acids is 1. The topological polar surface area (TPSA) is 70.9 Å². The molecule has 0 unspecified atom stereocenters. The van der Waals surface area contributed by atoms with Gasteiger partial charge in [-0.05, 0) is 109 Å². The summed E-state index contributed by atoms with van der Waals surface area (Å²) in [5.41, 5.74) is 8.06. The van der Waals surface area contributed by atoms with Crippen molar-refractivity contribution in [3.8, 4) is 0 Å². The molecule has 6 rings (SSSR count). The second-order valence-corrected chi connectivity index (χ2v) is 13.6. The van der Waals surface area contributed by atoms with E-state index in [-0.39, 0.29) is 16.7 Å². The van der Waals surface area contributed by atoms with Gasteiger partial charge in [-0.3, -0.25) is 4.79 Å². The normalized spacial score (nSPS) is 21.7. The number of H-pyrrole nitrogens is 1. The number of aromatic amines is 1. The monoisotopic (exact) mass is 537 g/mol. The van der Waals surface area contributed by atoms with Crippen LogP contribution in [0.2, 0.25) is 0 Å². The van der Waals surface area contributed by atoms with Crippen molar-refractivity contribution in [1.82, 2.24) is 15.3 Å². The van der Waals surface area contributed by atoms with Gasteiger partial charge in [-0.1, -0.05) is 52.0 Å². The van der Waals surface area contributed by atoms with Gasteiger partial charge in [0.25, 0.3) is 5.91 Å². The highest BCUT2D eigenvalue weighted by Crippen LogP contribution is 2.46. The van der Waals surface area contributed by atoms with Crippen molar-refractivity contribution in [1.29, 1.82) is 0 Å². The van der Waals surface area contributed by atoms with Crippen LogP contribution in [0, 0.1) is 12.8 Å². The summed E-state index contributed by atoms with van der Waals surface area (Å²) in [6.45, 7) is 12.3. The Balaban J connectivity index is 1.05. The summed E-state index contributed by atoms with van der Waals surface area (Å²) in [6.07, 6.45) is 7.49. The van der Waals surface area contributed by atoms with Gasteiger partial charge in [0.1, 0.15) is 11.6 Å². The predicted octanol–water partition coefficient (Wildman–Crippen LogP) is 8.11. The van der Waals surface area contributed by atoms with Crippen molar-refractivity contribution in [3.05, 3.63) is 88.1 Å². The van der Waals surface area contributed by atoms with Gasteiger partial charge in [-0.25, -0.2) is 4.98 Å². The van der Waals surface area contributed by atoms with Crippen LogP contribution in [-0.4, -0.2) is 22.4 Å². The number of hydrogen-bond donors (Lipinski definition) is 2. The number of nitrogens with zero attached hydrogens (tertiary/aromatic N) is 1. The van der Waals surface area contributed by atoms with Crippen molar-refractivity contribution in [2.24, 2.45) is 5.92 Å². The molecule has 210 valence electrons. The van der Waals surface area contributed by atoms with Crippen LogP contribution in [0.1, 0.15) is 117 Å². The van der Waals surface area contributed by atoms with Gasteiger partial charge in [-0.2, -0.15) is 0 Å². The molecule has 4 aromatic rings. The van der Waals surface area contributed by atoms with Gasteiger partial charge < -0.3 is 14.7 Å². The third kappa shape index (κ3) is 5.23. The summed E-state index contributed by atoms with van der Waals surface area (Å²) in [5, 5.41) is 3.14. The molecule has 2 N–H and O–H groups in total. The number of amides is 1. The number of carbonyl (C=O) groups is 1. The lowest BCUT2D eigenvalue weighted by Crippen LogP contribution is -2.34. The smallest absolute Gasteiger partial charge is 0.287 e. The summed E-state index contributed by atoms with van der Waals surface area (Å²) in [6, 6.07) is 16.8. The van der Waals surface area contributed by atoms with Gasteiger partial charge in [-0.15, -0.1) is 0 Å². The number of benzene rings is 2. The number of rotatable bonds is 6. The van der Waals surface area contributed by atoms with E-state index in [2.05, 4.69) is 69.2 Å². The minimum absolute atomic E-state index is 0.115. The number of fused-ring (bicyclic) bond motifs is 2. The summed E-state index contributed by atoms with van der Waals surface area (Å²) < 4.78 is 6.06. The first-order valence-corrected chi connectivity index (χ1v) is 15.1. The molecular weight excluding hydrogens is 494 g/mol.